The average Bonchev–Trinajstić information content (AvgIpc) is 2.20. The summed E-state index contributed by atoms with van der Waals surface area (Å²) in [7, 11) is 0. The summed E-state index contributed by atoms with van der Waals surface area (Å²) in [6.45, 7) is 3.66. The van der Waals surface area contributed by atoms with E-state index in [4.69, 9.17) is 5.73 Å². The Morgan fingerprint density at radius 3 is 2.47 bits per heavy atom. The van der Waals surface area contributed by atoms with E-state index >= 15 is 0 Å². The van der Waals surface area contributed by atoms with Crippen LogP contribution < -0.4 is 10.6 Å². The van der Waals surface area contributed by atoms with Crippen LogP contribution in [0.1, 0.15) is 0 Å². The fourth-order valence-corrected chi connectivity index (χ4v) is 2.13. The maximum absolute atomic E-state index is 13.6. The molecule has 0 spiro atoms. The number of piperazine rings is 1. The zero-order valence-corrected chi connectivity index (χ0v) is 10.4. The molecule has 2 N–H and O–H groups in total. The van der Waals surface area contributed by atoms with Gasteiger partial charge in [-0.05, 0) is 18.2 Å². The van der Waals surface area contributed by atoms with Crippen molar-refractivity contribution in [1.29, 1.82) is 0 Å². The number of nitrogens with two attached hydrogens (primary N) is 1. The molecule has 15 heavy (non-hydrogen) atoms. The van der Waals surface area contributed by atoms with Gasteiger partial charge in [0.1, 0.15) is 5.82 Å². The Morgan fingerprint density at radius 1 is 1.20 bits per heavy atom. The van der Waals surface area contributed by atoms with Gasteiger partial charge < -0.3 is 10.6 Å². The molecule has 5 heteroatoms. The lowest BCUT2D eigenvalue weighted by Crippen LogP contribution is -2.42. The summed E-state index contributed by atoms with van der Waals surface area (Å²) in [6, 6.07) is 4.88. The van der Waals surface area contributed by atoms with Crippen LogP contribution in [0.2, 0.25) is 0 Å². The second-order valence-electron chi connectivity index (χ2n) is 3.61. The number of benzene rings is 1. The normalized spacial score (nSPS) is 18.1. The summed E-state index contributed by atoms with van der Waals surface area (Å²) >= 11 is 2.29. The lowest BCUT2D eigenvalue weighted by Gasteiger charge is -2.33. The molecule has 1 heterocycles. The molecule has 2 rings (SSSR count). The first-order valence-corrected chi connectivity index (χ1v) is 5.84. The van der Waals surface area contributed by atoms with Crippen molar-refractivity contribution in [3.63, 3.8) is 0 Å². The molecule has 0 aromatic heterocycles. The number of rotatable bonds is 1. The van der Waals surface area contributed by atoms with Gasteiger partial charge in [-0.2, -0.15) is 0 Å². The highest BCUT2D eigenvalue weighted by Gasteiger charge is 2.17. The van der Waals surface area contributed by atoms with Gasteiger partial charge in [-0.1, -0.05) is 0 Å². The predicted molar refractivity (Wildman–Crippen MR) is 68.6 cm³/mol. The van der Waals surface area contributed by atoms with Crippen molar-refractivity contribution >= 4 is 34.2 Å². The Hall–Kier alpha value is -0.560. The minimum Gasteiger partial charge on any atom is -0.399 e. The minimum absolute atomic E-state index is 0.225. The van der Waals surface area contributed by atoms with Crippen LogP contribution in [-0.2, 0) is 0 Å². The molecule has 0 saturated carbocycles. The van der Waals surface area contributed by atoms with Crippen molar-refractivity contribution in [1.82, 2.24) is 3.11 Å². The number of anilines is 2. The number of nitrogens with zero attached hydrogens (tertiary/aromatic N) is 2. The maximum Gasteiger partial charge on any atom is 0.148 e. The number of nitrogen functional groups attached to an aromatic ring is 1. The third-order valence-electron chi connectivity index (χ3n) is 2.54. The van der Waals surface area contributed by atoms with Gasteiger partial charge in [0, 0.05) is 54.7 Å². The van der Waals surface area contributed by atoms with Crippen LogP contribution in [0.4, 0.5) is 15.8 Å². The molecule has 0 radical (unpaired) electrons. The number of halogens is 2. The zero-order chi connectivity index (χ0) is 10.8. The molecule has 0 bridgehead atoms. The van der Waals surface area contributed by atoms with E-state index in [0.29, 0.717) is 11.4 Å². The van der Waals surface area contributed by atoms with Crippen LogP contribution in [0.3, 0.4) is 0 Å². The fraction of sp³-hybridized carbons (Fsp3) is 0.400. The monoisotopic (exact) mass is 321 g/mol. The van der Waals surface area contributed by atoms with Gasteiger partial charge in [-0.25, -0.2) is 7.50 Å². The Kier molecular flexibility index (Phi) is 3.30. The van der Waals surface area contributed by atoms with E-state index in [1.54, 1.807) is 12.1 Å². The van der Waals surface area contributed by atoms with Gasteiger partial charge >= 0.3 is 0 Å². The molecular weight excluding hydrogens is 308 g/mol. The van der Waals surface area contributed by atoms with Crippen molar-refractivity contribution in [3.8, 4) is 0 Å². The lowest BCUT2D eigenvalue weighted by molar-refractivity contribution is 0.456. The molecule has 82 valence electrons. The topological polar surface area (TPSA) is 32.5 Å². The fourth-order valence-electron chi connectivity index (χ4n) is 1.70. The largest absolute Gasteiger partial charge is 0.399 e. The Bertz CT molecular complexity index is 351. The molecule has 1 aromatic rings. The molecule has 1 aliphatic heterocycles. The highest BCUT2D eigenvalue weighted by atomic mass is 127. The van der Waals surface area contributed by atoms with E-state index < -0.39 is 0 Å². The second-order valence-corrected chi connectivity index (χ2v) is 4.97. The van der Waals surface area contributed by atoms with E-state index in [2.05, 4.69) is 30.9 Å². The summed E-state index contributed by atoms with van der Waals surface area (Å²) in [6.07, 6.45) is 0. The standard InChI is InChI=1S/C10H13FIN3/c11-9-7-8(13)1-2-10(9)14-3-5-15(12)6-4-14/h1-2,7H,3-6,13H2. The molecule has 0 aliphatic carbocycles. The maximum atomic E-state index is 13.6. The van der Waals surface area contributed by atoms with Crippen LogP contribution >= 0.6 is 22.9 Å². The molecule has 1 aromatic carbocycles. The van der Waals surface area contributed by atoms with Gasteiger partial charge in [-0.15, -0.1) is 0 Å². The van der Waals surface area contributed by atoms with Crippen LogP contribution in [0.15, 0.2) is 18.2 Å². The first-order valence-electron chi connectivity index (χ1n) is 4.87. The van der Waals surface area contributed by atoms with E-state index in [9.17, 15) is 4.39 Å². The van der Waals surface area contributed by atoms with Crippen molar-refractivity contribution in [2.45, 2.75) is 0 Å². The van der Waals surface area contributed by atoms with E-state index in [0.717, 1.165) is 26.2 Å². The van der Waals surface area contributed by atoms with Crippen molar-refractivity contribution < 1.29 is 4.39 Å². The quantitative estimate of drug-likeness (QED) is 0.487. The molecule has 1 saturated heterocycles. The lowest BCUT2D eigenvalue weighted by atomic mass is 10.2. The molecule has 0 atom stereocenters. The van der Waals surface area contributed by atoms with Crippen LogP contribution in [-0.4, -0.2) is 29.3 Å². The summed E-state index contributed by atoms with van der Waals surface area (Å²) in [5.74, 6) is -0.225. The third kappa shape index (κ3) is 2.52. The van der Waals surface area contributed by atoms with Crippen molar-refractivity contribution in [3.05, 3.63) is 24.0 Å². The Morgan fingerprint density at radius 2 is 1.87 bits per heavy atom. The van der Waals surface area contributed by atoms with E-state index in [-0.39, 0.29) is 5.82 Å². The third-order valence-corrected chi connectivity index (χ3v) is 3.50. The summed E-state index contributed by atoms with van der Waals surface area (Å²) in [4.78, 5) is 2.06. The summed E-state index contributed by atoms with van der Waals surface area (Å²) < 4.78 is 15.8. The number of hydrogen-bond acceptors (Lipinski definition) is 3. The highest BCUT2D eigenvalue weighted by molar-refractivity contribution is 14.1. The first kappa shape index (κ1) is 10.9. The molecule has 0 unspecified atom stereocenters. The molecule has 3 nitrogen and oxygen atoms in total. The van der Waals surface area contributed by atoms with Gasteiger partial charge in [0.2, 0.25) is 0 Å². The zero-order valence-electron chi connectivity index (χ0n) is 8.29. The van der Waals surface area contributed by atoms with Crippen LogP contribution in [0, 0.1) is 5.82 Å². The minimum atomic E-state index is -0.225. The van der Waals surface area contributed by atoms with Crippen LogP contribution in [0.5, 0.6) is 0 Å². The van der Waals surface area contributed by atoms with Crippen molar-refractivity contribution in [2.24, 2.45) is 0 Å². The summed E-state index contributed by atoms with van der Waals surface area (Å²) in [5, 5.41) is 0. The first-order chi connectivity index (χ1) is 7.16. The number of hydrogen-bond donors (Lipinski definition) is 1. The molecule has 1 aliphatic rings. The van der Waals surface area contributed by atoms with Crippen molar-refractivity contribution in [2.75, 3.05) is 36.8 Å². The van der Waals surface area contributed by atoms with Crippen LogP contribution in [0.25, 0.3) is 0 Å². The van der Waals surface area contributed by atoms with E-state index in [1.165, 1.54) is 6.07 Å². The predicted octanol–water partition coefficient (Wildman–Crippen LogP) is 1.88. The Balaban J connectivity index is 2.15. The molecule has 1 fully saturated rings. The van der Waals surface area contributed by atoms with Gasteiger partial charge in [-0.3, -0.25) is 0 Å². The SMILES string of the molecule is Nc1ccc(N2CCN(I)CC2)c(F)c1. The highest BCUT2D eigenvalue weighted by Crippen LogP contribution is 2.23. The average molecular weight is 321 g/mol. The van der Waals surface area contributed by atoms with Gasteiger partial charge in [0.25, 0.3) is 0 Å². The van der Waals surface area contributed by atoms with Gasteiger partial charge in [0.05, 0.1) is 5.69 Å². The smallest absolute Gasteiger partial charge is 0.148 e. The van der Waals surface area contributed by atoms with E-state index in [1.807, 2.05) is 0 Å². The second kappa shape index (κ2) is 4.52. The molecular formula is C10H13FIN3. The summed E-state index contributed by atoms with van der Waals surface area (Å²) in [5.41, 5.74) is 6.65. The Labute approximate surface area is 103 Å². The van der Waals surface area contributed by atoms with Gasteiger partial charge in [0.15, 0.2) is 0 Å². The molecule has 0 amide bonds.